The van der Waals surface area contributed by atoms with Gasteiger partial charge in [-0.3, -0.25) is 4.79 Å². The predicted octanol–water partition coefficient (Wildman–Crippen LogP) is 4.81. The van der Waals surface area contributed by atoms with E-state index < -0.39 is 0 Å². The molecule has 2 aromatic rings. The zero-order valence-electron chi connectivity index (χ0n) is 14.4. The monoisotopic (exact) mass is 322 g/mol. The summed E-state index contributed by atoms with van der Waals surface area (Å²) in [6.45, 7) is 4.27. The molecule has 1 atom stereocenters. The van der Waals surface area contributed by atoms with Crippen LogP contribution < -0.4 is 10.2 Å². The van der Waals surface area contributed by atoms with Crippen LogP contribution in [0.15, 0.2) is 54.6 Å². The van der Waals surface area contributed by atoms with Crippen LogP contribution in [0.25, 0.3) is 0 Å². The summed E-state index contributed by atoms with van der Waals surface area (Å²) in [7, 11) is 0. The van der Waals surface area contributed by atoms with Gasteiger partial charge in [-0.15, -0.1) is 0 Å². The Kier molecular flexibility index (Phi) is 5.52. The van der Waals surface area contributed by atoms with E-state index >= 15 is 0 Å². The number of anilines is 2. The fraction of sp³-hybridized carbons (Fsp3) is 0.381. The van der Waals surface area contributed by atoms with Crippen LogP contribution in [0.5, 0.6) is 0 Å². The summed E-state index contributed by atoms with van der Waals surface area (Å²) in [5.41, 5.74) is 3.17. The molecule has 3 rings (SSSR count). The Morgan fingerprint density at radius 2 is 1.71 bits per heavy atom. The lowest BCUT2D eigenvalue weighted by Gasteiger charge is -2.23. The van der Waals surface area contributed by atoms with Crippen LogP contribution in [0.1, 0.15) is 44.1 Å². The van der Waals surface area contributed by atoms with Crippen molar-refractivity contribution < 1.29 is 4.79 Å². The van der Waals surface area contributed by atoms with Crippen molar-refractivity contribution in [3.05, 3.63) is 60.2 Å². The highest BCUT2D eigenvalue weighted by atomic mass is 16.1. The molecule has 0 aromatic heterocycles. The van der Waals surface area contributed by atoms with Gasteiger partial charge in [0, 0.05) is 13.1 Å². The Bertz CT molecular complexity index is 663. The van der Waals surface area contributed by atoms with Gasteiger partial charge in [0.05, 0.1) is 17.3 Å². The highest BCUT2D eigenvalue weighted by molar-refractivity contribution is 5.98. The van der Waals surface area contributed by atoms with E-state index in [0.717, 1.165) is 42.9 Å². The lowest BCUT2D eigenvalue weighted by molar-refractivity contribution is -0.117. The van der Waals surface area contributed by atoms with Crippen molar-refractivity contribution in [3.8, 4) is 0 Å². The van der Waals surface area contributed by atoms with Gasteiger partial charge in [-0.25, -0.2) is 0 Å². The molecule has 3 heteroatoms. The maximum absolute atomic E-state index is 12.9. The van der Waals surface area contributed by atoms with Crippen LogP contribution in [0.4, 0.5) is 11.4 Å². The molecule has 0 aliphatic carbocycles. The first-order valence-electron chi connectivity index (χ1n) is 8.99. The van der Waals surface area contributed by atoms with Crippen LogP contribution in [0.2, 0.25) is 0 Å². The second kappa shape index (κ2) is 8.00. The van der Waals surface area contributed by atoms with E-state index in [1.807, 2.05) is 48.5 Å². The number of hydrogen-bond acceptors (Lipinski definition) is 2. The quantitative estimate of drug-likeness (QED) is 0.828. The first-order chi connectivity index (χ1) is 11.8. The maximum Gasteiger partial charge on any atom is 0.231 e. The van der Waals surface area contributed by atoms with Crippen LogP contribution in [0, 0.1) is 0 Å². The predicted molar refractivity (Wildman–Crippen MR) is 101 cm³/mol. The number of carbonyl (C=O) groups excluding carboxylic acids is 1. The average Bonchev–Trinajstić information content (AvgIpc) is 3.15. The molecule has 1 aliphatic rings. The van der Waals surface area contributed by atoms with Gasteiger partial charge in [0.25, 0.3) is 0 Å². The first-order valence-corrected chi connectivity index (χ1v) is 8.99. The Balaban J connectivity index is 1.80. The summed E-state index contributed by atoms with van der Waals surface area (Å²) < 4.78 is 0. The molecule has 24 heavy (non-hydrogen) atoms. The summed E-state index contributed by atoms with van der Waals surface area (Å²) in [5, 5.41) is 3.19. The zero-order chi connectivity index (χ0) is 16.8. The minimum Gasteiger partial charge on any atom is -0.370 e. The van der Waals surface area contributed by atoms with Crippen LogP contribution in [0.3, 0.4) is 0 Å². The normalized spacial score (nSPS) is 15.3. The van der Waals surface area contributed by atoms with E-state index in [1.165, 1.54) is 12.8 Å². The van der Waals surface area contributed by atoms with Crippen molar-refractivity contribution in [1.29, 1.82) is 0 Å². The van der Waals surface area contributed by atoms with Gasteiger partial charge >= 0.3 is 0 Å². The van der Waals surface area contributed by atoms with Gasteiger partial charge in [0.1, 0.15) is 0 Å². The highest BCUT2D eigenvalue weighted by Crippen LogP contribution is 2.30. The number of para-hydroxylation sites is 2. The van der Waals surface area contributed by atoms with Crippen molar-refractivity contribution >= 4 is 17.3 Å². The van der Waals surface area contributed by atoms with Crippen molar-refractivity contribution in [2.24, 2.45) is 0 Å². The van der Waals surface area contributed by atoms with E-state index in [9.17, 15) is 4.79 Å². The first kappa shape index (κ1) is 16.6. The van der Waals surface area contributed by atoms with Crippen LogP contribution >= 0.6 is 0 Å². The lowest BCUT2D eigenvalue weighted by Crippen LogP contribution is -2.24. The molecule has 0 spiro atoms. The molecule has 2 aromatic carbocycles. The lowest BCUT2D eigenvalue weighted by atomic mass is 9.93. The van der Waals surface area contributed by atoms with Crippen LogP contribution in [-0.4, -0.2) is 19.0 Å². The number of hydrogen-bond donors (Lipinski definition) is 1. The Hall–Kier alpha value is -2.29. The molecule has 1 amide bonds. The molecule has 0 bridgehead atoms. The zero-order valence-corrected chi connectivity index (χ0v) is 14.4. The van der Waals surface area contributed by atoms with Gasteiger partial charge in [-0.05, 0) is 37.0 Å². The molecule has 1 heterocycles. The Morgan fingerprint density at radius 3 is 2.42 bits per heavy atom. The third-order valence-corrected chi connectivity index (χ3v) is 4.70. The summed E-state index contributed by atoms with van der Waals surface area (Å²) in [5.74, 6) is -0.00229. The smallest absolute Gasteiger partial charge is 0.231 e. The Labute approximate surface area is 144 Å². The van der Waals surface area contributed by atoms with E-state index in [4.69, 9.17) is 0 Å². The summed E-state index contributed by atoms with van der Waals surface area (Å²) >= 11 is 0. The Morgan fingerprint density at radius 1 is 1.04 bits per heavy atom. The standard InChI is InChI=1S/C21H26N2O/c1-2-10-18(17-11-4-3-5-12-17)21(24)22-19-13-6-7-14-20(19)23-15-8-9-16-23/h3-7,11-14,18H,2,8-10,15-16H2,1H3,(H,22,24)/t18-/m0/s1. The number of nitrogens with zero attached hydrogens (tertiary/aromatic N) is 1. The van der Waals surface area contributed by atoms with E-state index in [-0.39, 0.29) is 11.8 Å². The maximum atomic E-state index is 12.9. The average molecular weight is 322 g/mol. The topological polar surface area (TPSA) is 32.3 Å². The van der Waals surface area contributed by atoms with E-state index in [0.29, 0.717) is 0 Å². The number of carbonyl (C=O) groups is 1. The molecule has 126 valence electrons. The largest absolute Gasteiger partial charge is 0.370 e. The summed E-state index contributed by atoms with van der Waals surface area (Å²) in [6, 6.07) is 18.3. The fourth-order valence-corrected chi connectivity index (χ4v) is 3.46. The summed E-state index contributed by atoms with van der Waals surface area (Å²) in [4.78, 5) is 15.3. The number of nitrogens with one attached hydrogen (secondary N) is 1. The molecule has 1 saturated heterocycles. The number of rotatable bonds is 6. The second-order valence-corrected chi connectivity index (χ2v) is 6.45. The molecule has 3 nitrogen and oxygen atoms in total. The van der Waals surface area contributed by atoms with Gasteiger partial charge in [-0.2, -0.15) is 0 Å². The van der Waals surface area contributed by atoms with Gasteiger partial charge in [0.15, 0.2) is 0 Å². The number of amides is 1. The van der Waals surface area contributed by atoms with Crippen LogP contribution in [-0.2, 0) is 4.79 Å². The summed E-state index contributed by atoms with van der Waals surface area (Å²) in [6.07, 6.45) is 4.30. The molecule has 1 N–H and O–H groups in total. The second-order valence-electron chi connectivity index (χ2n) is 6.45. The van der Waals surface area contributed by atoms with E-state index in [2.05, 4.69) is 23.2 Å². The third kappa shape index (κ3) is 3.78. The molecular formula is C21H26N2O. The highest BCUT2D eigenvalue weighted by Gasteiger charge is 2.22. The van der Waals surface area contributed by atoms with Crippen molar-refractivity contribution in [3.63, 3.8) is 0 Å². The SMILES string of the molecule is CCC[C@H](C(=O)Nc1ccccc1N1CCCC1)c1ccccc1. The van der Waals surface area contributed by atoms with E-state index in [1.54, 1.807) is 0 Å². The van der Waals surface area contributed by atoms with Gasteiger partial charge < -0.3 is 10.2 Å². The minimum atomic E-state index is -0.0946. The molecular weight excluding hydrogens is 296 g/mol. The van der Waals surface area contributed by atoms with Crippen molar-refractivity contribution in [2.45, 2.75) is 38.5 Å². The van der Waals surface area contributed by atoms with Crippen molar-refractivity contribution in [1.82, 2.24) is 0 Å². The third-order valence-electron chi connectivity index (χ3n) is 4.70. The van der Waals surface area contributed by atoms with Gasteiger partial charge in [0.2, 0.25) is 5.91 Å². The fourth-order valence-electron chi connectivity index (χ4n) is 3.46. The molecule has 1 fully saturated rings. The van der Waals surface area contributed by atoms with Crippen molar-refractivity contribution in [2.75, 3.05) is 23.3 Å². The number of benzene rings is 2. The molecule has 1 aliphatic heterocycles. The molecule has 0 radical (unpaired) electrons. The molecule has 0 saturated carbocycles. The molecule has 0 unspecified atom stereocenters. The minimum absolute atomic E-state index is 0.0923. The van der Waals surface area contributed by atoms with Gasteiger partial charge in [-0.1, -0.05) is 55.8 Å².